The maximum atomic E-state index is 5.82. The van der Waals surface area contributed by atoms with Gasteiger partial charge in [0.1, 0.15) is 0 Å². The number of ether oxygens (including phenoxy) is 1. The average molecular weight is 319 g/mol. The Morgan fingerprint density at radius 3 is 1.87 bits per heavy atom. The summed E-state index contributed by atoms with van der Waals surface area (Å²) in [5, 5.41) is 0. The summed E-state index contributed by atoms with van der Waals surface area (Å²) in [4.78, 5) is 0. The van der Waals surface area contributed by atoms with Crippen LogP contribution in [0.25, 0.3) is 0 Å². The molecule has 0 N–H and O–H groups in total. The molecule has 2 aliphatic carbocycles. The van der Waals surface area contributed by atoms with Crippen molar-refractivity contribution in [3.8, 4) is 0 Å². The van der Waals surface area contributed by atoms with Gasteiger partial charge in [-0.15, -0.1) is 6.58 Å². The van der Waals surface area contributed by atoms with Crippen LogP contribution in [0.4, 0.5) is 0 Å². The quantitative estimate of drug-likeness (QED) is 0.327. The molecule has 0 aliphatic heterocycles. The Hall–Kier alpha value is -0.720. The van der Waals surface area contributed by atoms with Crippen LogP contribution in [0.15, 0.2) is 25.0 Å². The highest BCUT2D eigenvalue weighted by atomic mass is 16.5. The number of hydrogen-bond donors (Lipinski definition) is 0. The molecule has 2 saturated carbocycles. The van der Waals surface area contributed by atoms with Gasteiger partial charge < -0.3 is 4.74 Å². The van der Waals surface area contributed by atoms with E-state index in [9.17, 15) is 0 Å². The topological polar surface area (TPSA) is 9.23 Å². The molecule has 0 bridgehead atoms. The van der Waals surface area contributed by atoms with Crippen molar-refractivity contribution in [3.05, 3.63) is 25.0 Å². The third kappa shape index (κ3) is 7.14. The van der Waals surface area contributed by atoms with Crippen LogP contribution in [0, 0.1) is 17.8 Å². The molecular formula is C22H38O. The summed E-state index contributed by atoms with van der Waals surface area (Å²) in [5.41, 5.74) is 0. The molecule has 0 aromatic carbocycles. The van der Waals surface area contributed by atoms with Crippen LogP contribution in [-0.2, 0) is 4.74 Å². The van der Waals surface area contributed by atoms with Crippen molar-refractivity contribution < 1.29 is 4.74 Å². The zero-order chi connectivity index (χ0) is 16.3. The van der Waals surface area contributed by atoms with E-state index in [2.05, 4.69) is 25.7 Å². The fourth-order valence-corrected chi connectivity index (χ4v) is 4.45. The molecule has 0 atom stereocenters. The zero-order valence-electron chi connectivity index (χ0n) is 15.3. The van der Waals surface area contributed by atoms with Crippen molar-refractivity contribution in [2.45, 2.75) is 96.5 Å². The molecule has 2 rings (SSSR count). The molecular weight excluding hydrogens is 280 g/mol. The SMILES string of the molecule is C=CCC[C@H]1CC[C@H](CC[C@H]2CC[C@H](O/C=C/CC)CC2)CC1. The van der Waals surface area contributed by atoms with Gasteiger partial charge in [0.2, 0.25) is 0 Å². The Morgan fingerprint density at radius 2 is 1.35 bits per heavy atom. The van der Waals surface area contributed by atoms with Gasteiger partial charge in [0, 0.05) is 0 Å². The highest BCUT2D eigenvalue weighted by Crippen LogP contribution is 2.37. The van der Waals surface area contributed by atoms with E-state index >= 15 is 0 Å². The second-order valence-electron chi connectivity index (χ2n) is 7.89. The average Bonchev–Trinajstić information content (AvgIpc) is 2.60. The summed E-state index contributed by atoms with van der Waals surface area (Å²) in [7, 11) is 0. The number of hydrogen-bond acceptors (Lipinski definition) is 1. The van der Waals surface area contributed by atoms with E-state index in [-0.39, 0.29) is 0 Å². The third-order valence-electron chi connectivity index (χ3n) is 6.13. The molecule has 23 heavy (non-hydrogen) atoms. The lowest BCUT2D eigenvalue weighted by Crippen LogP contribution is -2.21. The maximum absolute atomic E-state index is 5.82. The Bertz CT molecular complexity index is 330. The second-order valence-corrected chi connectivity index (χ2v) is 7.89. The maximum Gasteiger partial charge on any atom is 0.0978 e. The molecule has 0 saturated heterocycles. The first-order valence-corrected chi connectivity index (χ1v) is 10.2. The first-order valence-electron chi connectivity index (χ1n) is 10.2. The summed E-state index contributed by atoms with van der Waals surface area (Å²) >= 11 is 0. The molecule has 2 fully saturated rings. The van der Waals surface area contributed by atoms with Crippen LogP contribution in [0.3, 0.4) is 0 Å². The fourth-order valence-electron chi connectivity index (χ4n) is 4.45. The number of rotatable bonds is 9. The fraction of sp³-hybridized carbons (Fsp3) is 0.818. The van der Waals surface area contributed by atoms with Crippen molar-refractivity contribution >= 4 is 0 Å². The molecule has 0 aromatic rings. The summed E-state index contributed by atoms with van der Waals surface area (Å²) < 4.78 is 5.82. The molecule has 2 aliphatic rings. The smallest absolute Gasteiger partial charge is 0.0978 e. The van der Waals surface area contributed by atoms with Crippen molar-refractivity contribution in [3.63, 3.8) is 0 Å². The Kier molecular flexibility index (Phi) is 8.86. The van der Waals surface area contributed by atoms with Crippen molar-refractivity contribution in [2.24, 2.45) is 17.8 Å². The van der Waals surface area contributed by atoms with Crippen LogP contribution < -0.4 is 0 Å². The minimum absolute atomic E-state index is 0.495. The molecule has 0 radical (unpaired) electrons. The van der Waals surface area contributed by atoms with Gasteiger partial charge in [0.05, 0.1) is 12.4 Å². The highest BCUT2D eigenvalue weighted by molar-refractivity contribution is 4.80. The molecule has 0 amide bonds. The van der Waals surface area contributed by atoms with Gasteiger partial charge >= 0.3 is 0 Å². The third-order valence-corrected chi connectivity index (χ3v) is 6.13. The summed E-state index contributed by atoms with van der Waals surface area (Å²) in [6.07, 6.45) is 24.5. The lowest BCUT2D eigenvalue weighted by atomic mass is 9.76. The summed E-state index contributed by atoms with van der Waals surface area (Å²) in [6.45, 7) is 6.01. The standard InChI is InChI=1S/C22H38O/c1-3-5-7-19-8-10-20(11-9-19)12-13-21-14-16-22(17-15-21)23-18-6-4-2/h3,6,18-22H,1,4-5,7-17H2,2H3/b18-6+/t19-,20-,21-,22-. The van der Waals surface area contributed by atoms with E-state index in [0.717, 1.165) is 24.2 Å². The minimum atomic E-state index is 0.495. The van der Waals surface area contributed by atoms with E-state index in [1.807, 2.05) is 6.26 Å². The Balaban J connectivity index is 1.54. The Morgan fingerprint density at radius 1 is 0.826 bits per heavy atom. The van der Waals surface area contributed by atoms with E-state index in [4.69, 9.17) is 4.74 Å². The Labute approximate surface area is 144 Å². The van der Waals surface area contributed by atoms with Gasteiger partial charge in [-0.3, -0.25) is 0 Å². The lowest BCUT2D eigenvalue weighted by Gasteiger charge is -2.31. The normalized spacial score (nSPS) is 32.0. The van der Waals surface area contributed by atoms with Crippen molar-refractivity contribution in [1.82, 2.24) is 0 Å². The van der Waals surface area contributed by atoms with Crippen LogP contribution in [0.5, 0.6) is 0 Å². The van der Waals surface area contributed by atoms with Crippen LogP contribution in [0.1, 0.15) is 90.4 Å². The van der Waals surface area contributed by atoms with E-state index in [1.165, 1.54) is 77.0 Å². The lowest BCUT2D eigenvalue weighted by molar-refractivity contribution is 0.0837. The number of allylic oxidation sites excluding steroid dienone is 2. The molecule has 132 valence electrons. The van der Waals surface area contributed by atoms with E-state index in [1.54, 1.807) is 0 Å². The van der Waals surface area contributed by atoms with Crippen molar-refractivity contribution in [1.29, 1.82) is 0 Å². The predicted octanol–water partition coefficient (Wildman–Crippen LogP) is 7.04. The molecule has 0 unspecified atom stereocenters. The van der Waals surface area contributed by atoms with Gasteiger partial charge in [0.25, 0.3) is 0 Å². The summed E-state index contributed by atoms with van der Waals surface area (Å²) in [6, 6.07) is 0. The molecule has 0 heterocycles. The minimum Gasteiger partial charge on any atom is -0.498 e. The summed E-state index contributed by atoms with van der Waals surface area (Å²) in [5.74, 6) is 2.99. The predicted molar refractivity (Wildman–Crippen MR) is 100 cm³/mol. The monoisotopic (exact) mass is 318 g/mol. The molecule has 1 nitrogen and oxygen atoms in total. The van der Waals surface area contributed by atoms with Gasteiger partial charge in [-0.25, -0.2) is 0 Å². The molecule has 1 heteroatoms. The van der Waals surface area contributed by atoms with Gasteiger partial charge in [-0.1, -0.05) is 57.6 Å². The van der Waals surface area contributed by atoms with E-state index in [0.29, 0.717) is 6.10 Å². The van der Waals surface area contributed by atoms with Crippen LogP contribution in [-0.4, -0.2) is 6.10 Å². The van der Waals surface area contributed by atoms with Crippen LogP contribution >= 0.6 is 0 Å². The van der Waals surface area contributed by atoms with Gasteiger partial charge in [-0.05, 0) is 62.7 Å². The molecule has 0 spiro atoms. The second kappa shape index (κ2) is 10.9. The van der Waals surface area contributed by atoms with Crippen LogP contribution in [0.2, 0.25) is 0 Å². The first kappa shape index (κ1) is 18.6. The van der Waals surface area contributed by atoms with Crippen molar-refractivity contribution in [2.75, 3.05) is 0 Å². The van der Waals surface area contributed by atoms with E-state index < -0.39 is 0 Å². The first-order chi connectivity index (χ1) is 11.3. The molecule has 0 aromatic heterocycles. The van der Waals surface area contributed by atoms with Gasteiger partial charge in [0.15, 0.2) is 0 Å². The highest BCUT2D eigenvalue weighted by Gasteiger charge is 2.24. The largest absolute Gasteiger partial charge is 0.498 e. The van der Waals surface area contributed by atoms with Gasteiger partial charge in [-0.2, -0.15) is 0 Å². The zero-order valence-corrected chi connectivity index (χ0v) is 15.3.